The number of rotatable bonds is 9. The van der Waals surface area contributed by atoms with Crippen LogP contribution < -0.4 is 4.72 Å². The second-order valence-corrected chi connectivity index (χ2v) is 11.3. The Balaban J connectivity index is 2.05. The molecule has 5 nitrogen and oxygen atoms in total. The molecule has 38 heavy (non-hydrogen) atoms. The molecule has 0 aliphatic carbocycles. The highest BCUT2D eigenvalue weighted by atomic mass is 32.2. The summed E-state index contributed by atoms with van der Waals surface area (Å²) in [5.74, 6) is -0.315. The first-order valence-corrected chi connectivity index (χ1v) is 14.3. The molecule has 0 atom stereocenters. The summed E-state index contributed by atoms with van der Waals surface area (Å²) in [6, 6.07) is 31.9. The number of sulfonamides is 1. The maximum atomic E-state index is 14.4. The van der Waals surface area contributed by atoms with E-state index in [1.54, 1.807) is 11.0 Å². The molecule has 0 aliphatic heterocycles. The second kappa shape index (κ2) is 11.3. The van der Waals surface area contributed by atoms with E-state index in [1.807, 2.05) is 125 Å². The Hall–Kier alpha value is -3.74. The molecule has 0 saturated carbocycles. The van der Waals surface area contributed by atoms with Crippen molar-refractivity contribution in [2.45, 2.75) is 38.1 Å². The van der Waals surface area contributed by atoms with Gasteiger partial charge in [0.1, 0.15) is 4.90 Å². The Labute approximate surface area is 226 Å². The highest BCUT2D eigenvalue weighted by Gasteiger charge is 2.35. The van der Waals surface area contributed by atoms with Gasteiger partial charge in [0.05, 0.1) is 11.1 Å². The second-order valence-electron chi connectivity index (χ2n) is 9.67. The molecule has 0 radical (unpaired) electrons. The number of amides is 1. The van der Waals surface area contributed by atoms with Crippen molar-refractivity contribution in [3.8, 4) is 22.3 Å². The molecule has 0 spiro atoms. The third kappa shape index (κ3) is 5.57. The molecule has 0 aliphatic rings. The van der Waals surface area contributed by atoms with E-state index in [9.17, 15) is 13.2 Å². The van der Waals surface area contributed by atoms with E-state index in [2.05, 4.69) is 4.72 Å². The van der Waals surface area contributed by atoms with Gasteiger partial charge in [-0.05, 0) is 49.9 Å². The quantitative estimate of drug-likeness (QED) is 0.263. The number of nitrogens with zero attached hydrogens (tertiary/aromatic N) is 1. The lowest BCUT2D eigenvalue weighted by Gasteiger charge is -2.29. The first-order chi connectivity index (χ1) is 18.2. The third-order valence-corrected chi connectivity index (χ3v) is 8.49. The molecule has 0 heterocycles. The Bertz CT molecular complexity index is 1500. The lowest BCUT2D eigenvalue weighted by atomic mass is 9.94. The van der Waals surface area contributed by atoms with Crippen LogP contribution in [0.15, 0.2) is 108 Å². The van der Waals surface area contributed by atoms with Crippen molar-refractivity contribution in [3.05, 3.63) is 114 Å². The maximum Gasteiger partial charge on any atom is 0.255 e. The Morgan fingerprint density at radius 3 is 1.66 bits per heavy atom. The van der Waals surface area contributed by atoms with Crippen LogP contribution in [0.5, 0.6) is 0 Å². The number of carbonyl (C=O) groups excluding carboxylic acids is 1. The van der Waals surface area contributed by atoms with Gasteiger partial charge in [0.2, 0.25) is 10.0 Å². The minimum atomic E-state index is -4.20. The zero-order chi connectivity index (χ0) is 27.3. The lowest BCUT2D eigenvalue weighted by molar-refractivity contribution is 0.0770. The van der Waals surface area contributed by atoms with Crippen molar-refractivity contribution in [2.75, 3.05) is 13.1 Å². The minimum Gasteiger partial charge on any atom is -0.339 e. The summed E-state index contributed by atoms with van der Waals surface area (Å²) in [7, 11) is -4.20. The van der Waals surface area contributed by atoms with Crippen molar-refractivity contribution in [1.29, 1.82) is 0 Å². The largest absolute Gasteiger partial charge is 0.339 e. The van der Waals surface area contributed by atoms with Gasteiger partial charge < -0.3 is 4.90 Å². The molecular formula is C32H34N2O3S. The SMILES string of the molecule is CCN(CC)C(=O)c1c(-c2ccccc2)ccc(-c2ccccc2)c1S(=O)(=O)NC(C)(C)c1ccccc1. The summed E-state index contributed by atoms with van der Waals surface area (Å²) in [6.07, 6.45) is 0. The first-order valence-electron chi connectivity index (χ1n) is 12.9. The van der Waals surface area contributed by atoms with Crippen LogP contribution >= 0.6 is 0 Å². The molecule has 6 heteroatoms. The highest BCUT2D eigenvalue weighted by Crippen LogP contribution is 2.38. The molecule has 1 amide bonds. The van der Waals surface area contributed by atoms with Gasteiger partial charge >= 0.3 is 0 Å². The van der Waals surface area contributed by atoms with Gasteiger partial charge in [-0.25, -0.2) is 13.1 Å². The molecule has 0 bridgehead atoms. The summed E-state index contributed by atoms with van der Waals surface area (Å²) in [4.78, 5) is 15.8. The van der Waals surface area contributed by atoms with Crippen molar-refractivity contribution < 1.29 is 13.2 Å². The van der Waals surface area contributed by atoms with Crippen molar-refractivity contribution >= 4 is 15.9 Å². The normalized spacial score (nSPS) is 11.8. The third-order valence-electron chi connectivity index (χ3n) is 6.75. The number of benzene rings is 4. The van der Waals surface area contributed by atoms with E-state index >= 15 is 0 Å². The molecule has 1 N–H and O–H groups in total. The van der Waals surface area contributed by atoms with Crippen LogP contribution in [0.25, 0.3) is 22.3 Å². The summed E-state index contributed by atoms with van der Waals surface area (Å²) >= 11 is 0. The van der Waals surface area contributed by atoms with Crippen molar-refractivity contribution in [3.63, 3.8) is 0 Å². The van der Waals surface area contributed by atoms with Crippen LogP contribution in [-0.2, 0) is 15.6 Å². The maximum absolute atomic E-state index is 14.4. The zero-order valence-corrected chi connectivity index (χ0v) is 23.1. The van der Waals surface area contributed by atoms with Gasteiger partial charge in [-0.15, -0.1) is 0 Å². The smallest absolute Gasteiger partial charge is 0.255 e. The van der Waals surface area contributed by atoms with Gasteiger partial charge in [0.15, 0.2) is 0 Å². The Kier molecular flexibility index (Phi) is 8.14. The fourth-order valence-corrected chi connectivity index (χ4v) is 6.58. The van der Waals surface area contributed by atoms with Gasteiger partial charge in [-0.3, -0.25) is 4.79 Å². The van der Waals surface area contributed by atoms with E-state index in [4.69, 9.17) is 0 Å². The van der Waals surface area contributed by atoms with E-state index in [0.717, 1.165) is 16.7 Å². The molecule has 0 aromatic heterocycles. The standard InChI is InChI=1S/C32H34N2O3S/c1-5-34(6-2)31(35)29-27(24-16-10-7-11-17-24)22-23-28(25-18-12-8-13-19-25)30(29)38(36,37)33-32(3,4)26-20-14-9-15-21-26/h7-23,33H,5-6H2,1-4H3. The average Bonchev–Trinajstić information content (AvgIpc) is 2.93. The van der Waals surface area contributed by atoms with Crippen LogP contribution in [0.2, 0.25) is 0 Å². The van der Waals surface area contributed by atoms with E-state index in [-0.39, 0.29) is 16.4 Å². The van der Waals surface area contributed by atoms with E-state index in [0.29, 0.717) is 24.2 Å². The lowest BCUT2D eigenvalue weighted by Crippen LogP contribution is -2.42. The molecular weight excluding hydrogens is 492 g/mol. The summed E-state index contributed by atoms with van der Waals surface area (Å²) in [6.45, 7) is 8.37. The predicted molar refractivity (Wildman–Crippen MR) is 154 cm³/mol. The molecule has 4 aromatic rings. The number of carbonyl (C=O) groups is 1. The van der Waals surface area contributed by atoms with Gasteiger partial charge in [0, 0.05) is 18.7 Å². The Morgan fingerprint density at radius 2 is 1.16 bits per heavy atom. The van der Waals surface area contributed by atoms with Crippen molar-refractivity contribution in [2.24, 2.45) is 0 Å². The highest BCUT2D eigenvalue weighted by molar-refractivity contribution is 7.89. The molecule has 4 rings (SSSR count). The van der Waals surface area contributed by atoms with E-state index < -0.39 is 15.6 Å². The fraction of sp³-hybridized carbons (Fsp3) is 0.219. The van der Waals surface area contributed by atoms with Gasteiger partial charge in [-0.1, -0.05) is 103 Å². The minimum absolute atomic E-state index is 0.00837. The molecule has 196 valence electrons. The summed E-state index contributed by atoms with van der Waals surface area (Å²) in [5, 5.41) is 0. The molecule has 4 aromatic carbocycles. The van der Waals surface area contributed by atoms with Crippen LogP contribution in [0.3, 0.4) is 0 Å². The summed E-state index contributed by atoms with van der Waals surface area (Å²) < 4.78 is 31.8. The average molecular weight is 527 g/mol. The van der Waals surface area contributed by atoms with Crippen molar-refractivity contribution in [1.82, 2.24) is 9.62 Å². The number of nitrogens with one attached hydrogen (secondary N) is 1. The zero-order valence-electron chi connectivity index (χ0n) is 22.3. The monoisotopic (exact) mass is 526 g/mol. The van der Waals surface area contributed by atoms with Crippen LogP contribution in [0, 0.1) is 0 Å². The topological polar surface area (TPSA) is 66.5 Å². The molecule has 0 fully saturated rings. The van der Waals surface area contributed by atoms with Crippen LogP contribution in [0.1, 0.15) is 43.6 Å². The van der Waals surface area contributed by atoms with Gasteiger partial charge in [-0.2, -0.15) is 0 Å². The molecule has 0 saturated heterocycles. The van der Waals surface area contributed by atoms with Crippen LogP contribution in [-0.4, -0.2) is 32.3 Å². The van der Waals surface area contributed by atoms with Crippen LogP contribution in [0.4, 0.5) is 0 Å². The predicted octanol–water partition coefficient (Wildman–Crippen LogP) is 6.72. The fourth-order valence-electron chi connectivity index (χ4n) is 4.75. The molecule has 0 unspecified atom stereocenters. The Morgan fingerprint density at radius 1 is 0.711 bits per heavy atom. The number of hydrogen-bond donors (Lipinski definition) is 1. The first kappa shape index (κ1) is 27.3. The van der Waals surface area contributed by atoms with Gasteiger partial charge in [0.25, 0.3) is 5.91 Å². The summed E-state index contributed by atoms with van der Waals surface area (Å²) in [5.41, 5.74) is 2.64. The van der Waals surface area contributed by atoms with E-state index in [1.165, 1.54) is 0 Å². The number of hydrogen-bond acceptors (Lipinski definition) is 3.